The second kappa shape index (κ2) is 5.32. The van der Waals surface area contributed by atoms with Crippen molar-refractivity contribution in [2.75, 3.05) is 24.7 Å². The molecule has 0 saturated carbocycles. The van der Waals surface area contributed by atoms with Gasteiger partial charge in [-0.05, 0) is 25.8 Å². The number of morpholine rings is 1. The van der Waals surface area contributed by atoms with Crippen molar-refractivity contribution in [3.05, 3.63) is 16.8 Å². The highest BCUT2D eigenvalue weighted by molar-refractivity contribution is 5.58. The molecule has 18 heavy (non-hydrogen) atoms. The highest BCUT2D eigenvalue weighted by Crippen LogP contribution is 2.25. The summed E-state index contributed by atoms with van der Waals surface area (Å²) in [6.45, 7) is 8.06. The van der Waals surface area contributed by atoms with Crippen LogP contribution in [0.3, 0.4) is 0 Å². The maximum atomic E-state index is 9.34. The average Bonchev–Trinajstić information content (AvgIpc) is 2.41. The summed E-state index contributed by atoms with van der Waals surface area (Å²) < 4.78 is 5.48. The third-order valence-electron chi connectivity index (χ3n) is 3.52. The highest BCUT2D eigenvalue weighted by atomic mass is 16.5. The van der Waals surface area contributed by atoms with Gasteiger partial charge in [-0.15, -0.1) is 5.10 Å². The number of aromatic nitrogens is 2. The fourth-order valence-electron chi connectivity index (χ4n) is 2.20. The van der Waals surface area contributed by atoms with E-state index in [9.17, 15) is 5.26 Å². The summed E-state index contributed by atoms with van der Waals surface area (Å²) in [5.74, 6) is 0.704. The van der Waals surface area contributed by atoms with Gasteiger partial charge in [0.1, 0.15) is 11.6 Å². The summed E-state index contributed by atoms with van der Waals surface area (Å²) in [5.41, 5.74) is 2.38. The van der Waals surface area contributed by atoms with Crippen molar-refractivity contribution < 1.29 is 4.74 Å². The number of anilines is 1. The van der Waals surface area contributed by atoms with E-state index in [-0.39, 0.29) is 6.04 Å². The Labute approximate surface area is 107 Å². The number of hydrogen-bond donors (Lipinski definition) is 0. The minimum absolute atomic E-state index is 0.280. The van der Waals surface area contributed by atoms with Crippen molar-refractivity contribution in [3.8, 4) is 6.07 Å². The molecule has 2 rings (SSSR count). The molecule has 1 atom stereocenters. The van der Waals surface area contributed by atoms with Crippen LogP contribution in [0.25, 0.3) is 0 Å². The van der Waals surface area contributed by atoms with Gasteiger partial charge in [0.15, 0.2) is 5.82 Å². The van der Waals surface area contributed by atoms with Gasteiger partial charge in [-0.1, -0.05) is 6.92 Å². The summed E-state index contributed by atoms with van der Waals surface area (Å²) >= 11 is 0. The molecule has 0 amide bonds. The van der Waals surface area contributed by atoms with Crippen LogP contribution in [0.5, 0.6) is 0 Å². The Morgan fingerprint density at radius 3 is 2.89 bits per heavy atom. The number of ether oxygens (including phenoxy) is 1. The molecule has 1 aliphatic heterocycles. The van der Waals surface area contributed by atoms with Crippen LogP contribution in [0, 0.1) is 25.2 Å². The van der Waals surface area contributed by atoms with Crippen LogP contribution >= 0.6 is 0 Å². The third kappa shape index (κ3) is 2.16. The van der Waals surface area contributed by atoms with Gasteiger partial charge in [-0.2, -0.15) is 10.4 Å². The zero-order valence-electron chi connectivity index (χ0n) is 11.1. The van der Waals surface area contributed by atoms with Crippen LogP contribution in [0.15, 0.2) is 0 Å². The maximum absolute atomic E-state index is 9.34. The Bertz CT molecular complexity index is 481. The Balaban J connectivity index is 2.44. The number of nitrogens with zero attached hydrogens (tertiary/aromatic N) is 4. The lowest BCUT2D eigenvalue weighted by atomic mass is 10.1. The predicted molar refractivity (Wildman–Crippen MR) is 68.5 cm³/mol. The van der Waals surface area contributed by atoms with Gasteiger partial charge in [0, 0.05) is 6.54 Å². The molecule has 0 bridgehead atoms. The van der Waals surface area contributed by atoms with E-state index in [0.717, 1.165) is 24.2 Å². The van der Waals surface area contributed by atoms with E-state index in [1.165, 1.54) is 0 Å². The minimum atomic E-state index is 0.280. The first-order valence-corrected chi connectivity index (χ1v) is 6.27. The van der Waals surface area contributed by atoms with Crippen LogP contribution < -0.4 is 4.90 Å². The third-order valence-corrected chi connectivity index (χ3v) is 3.52. The molecule has 1 unspecified atom stereocenters. The lowest BCUT2D eigenvalue weighted by Crippen LogP contribution is -2.46. The highest BCUT2D eigenvalue weighted by Gasteiger charge is 2.26. The van der Waals surface area contributed by atoms with Crippen LogP contribution in [0.4, 0.5) is 5.82 Å². The second-order valence-corrected chi connectivity index (χ2v) is 4.55. The molecule has 1 aliphatic rings. The van der Waals surface area contributed by atoms with Crippen LogP contribution in [0.1, 0.15) is 30.2 Å². The molecule has 1 saturated heterocycles. The Kier molecular flexibility index (Phi) is 3.78. The van der Waals surface area contributed by atoms with Gasteiger partial charge in [-0.25, -0.2) is 0 Å². The maximum Gasteiger partial charge on any atom is 0.169 e. The normalized spacial score (nSPS) is 19.7. The summed E-state index contributed by atoms with van der Waals surface area (Å²) in [4.78, 5) is 2.15. The van der Waals surface area contributed by atoms with Crippen molar-refractivity contribution in [2.45, 2.75) is 33.2 Å². The van der Waals surface area contributed by atoms with Crippen molar-refractivity contribution in [1.29, 1.82) is 5.26 Å². The fraction of sp³-hybridized carbons (Fsp3) is 0.615. The molecular formula is C13H18N4O. The molecule has 96 valence electrons. The fourth-order valence-corrected chi connectivity index (χ4v) is 2.20. The zero-order chi connectivity index (χ0) is 13.1. The lowest BCUT2D eigenvalue weighted by molar-refractivity contribution is 0.0924. The minimum Gasteiger partial charge on any atom is -0.377 e. The van der Waals surface area contributed by atoms with Gasteiger partial charge in [0.2, 0.25) is 0 Å². The standard InChI is InChI=1S/C13H18N4O/c1-4-11-8-18-6-5-17(11)13-12(7-14)9(2)10(3)15-16-13/h11H,4-6,8H2,1-3H3. The van der Waals surface area contributed by atoms with Crippen LogP contribution in [-0.2, 0) is 4.74 Å². The number of nitriles is 1. The Morgan fingerprint density at radius 1 is 1.44 bits per heavy atom. The first kappa shape index (κ1) is 12.8. The molecule has 1 fully saturated rings. The SMILES string of the molecule is CCC1COCCN1c1nnc(C)c(C)c1C#N. The van der Waals surface area contributed by atoms with E-state index in [4.69, 9.17) is 4.74 Å². The molecule has 2 heterocycles. The monoisotopic (exact) mass is 246 g/mol. The Morgan fingerprint density at radius 2 is 2.22 bits per heavy atom. The first-order chi connectivity index (χ1) is 8.69. The van der Waals surface area contributed by atoms with E-state index in [0.29, 0.717) is 24.6 Å². The molecule has 5 heteroatoms. The zero-order valence-corrected chi connectivity index (χ0v) is 11.1. The van der Waals surface area contributed by atoms with Crippen molar-refractivity contribution >= 4 is 5.82 Å². The number of rotatable bonds is 2. The largest absolute Gasteiger partial charge is 0.377 e. The summed E-state index contributed by atoms with van der Waals surface area (Å²) in [5, 5.41) is 17.7. The number of aryl methyl sites for hydroxylation is 1. The molecule has 0 N–H and O–H groups in total. The van der Waals surface area contributed by atoms with E-state index >= 15 is 0 Å². The topological polar surface area (TPSA) is 62.0 Å². The molecular weight excluding hydrogens is 228 g/mol. The smallest absolute Gasteiger partial charge is 0.169 e. The molecule has 0 radical (unpaired) electrons. The van der Waals surface area contributed by atoms with Crippen molar-refractivity contribution in [3.63, 3.8) is 0 Å². The molecule has 5 nitrogen and oxygen atoms in total. The number of hydrogen-bond acceptors (Lipinski definition) is 5. The quantitative estimate of drug-likeness (QED) is 0.792. The van der Waals surface area contributed by atoms with Crippen LogP contribution in [-0.4, -0.2) is 36.0 Å². The Hall–Kier alpha value is -1.67. The van der Waals surface area contributed by atoms with Gasteiger partial charge in [0.25, 0.3) is 0 Å². The van der Waals surface area contributed by atoms with Crippen molar-refractivity contribution in [1.82, 2.24) is 10.2 Å². The van der Waals surface area contributed by atoms with Gasteiger partial charge in [-0.3, -0.25) is 0 Å². The van der Waals surface area contributed by atoms with Crippen LogP contribution in [0.2, 0.25) is 0 Å². The lowest BCUT2D eigenvalue weighted by Gasteiger charge is -2.36. The summed E-state index contributed by atoms with van der Waals surface area (Å²) in [6.07, 6.45) is 0.972. The van der Waals surface area contributed by atoms with Gasteiger partial charge in [0.05, 0.1) is 24.9 Å². The second-order valence-electron chi connectivity index (χ2n) is 4.55. The molecule has 0 aliphatic carbocycles. The van der Waals surface area contributed by atoms with Gasteiger partial charge >= 0.3 is 0 Å². The van der Waals surface area contributed by atoms with E-state index in [2.05, 4.69) is 28.1 Å². The first-order valence-electron chi connectivity index (χ1n) is 6.27. The van der Waals surface area contributed by atoms with Gasteiger partial charge < -0.3 is 9.64 Å². The van der Waals surface area contributed by atoms with Crippen molar-refractivity contribution in [2.24, 2.45) is 0 Å². The molecule has 0 aromatic carbocycles. The summed E-state index contributed by atoms with van der Waals surface area (Å²) in [6, 6.07) is 2.54. The molecule has 1 aromatic heterocycles. The molecule has 1 aromatic rings. The van der Waals surface area contributed by atoms with E-state index in [1.54, 1.807) is 0 Å². The van der Waals surface area contributed by atoms with E-state index < -0.39 is 0 Å². The summed E-state index contributed by atoms with van der Waals surface area (Å²) in [7, 11) is 0. The molecule has 0 spiro atoms. The van der Waals surface area contributed by atoms with E-state index in [1.807, 2.05) is 13.8 Å². The average molecular weight is 246 g/mol. The predicted octanol–water partition coefficient (Wildman–Crippen LogP) is 1.58.